The van der Waals surface area contributed by atoms with Gasteiger partial charge < -0.3 is 29.6 Å². The highest BCUT2D eigenvalue weighted by molar-refractivity contribution is 5.93. The molecule has 1 atom stereocenters. The van der Waals surface area contributed by atoms with Crippen molar-refractivity contribution in [3.8, 4) is 0 Å². The zero-order valence-electron chi connectivity index (χ0n) is 19.4. The average Bonchev–Trinajstić information content (AvgIpc) is 3.47. The highest BCUT2D eigenvalue weighted by Gasteiger charge is 2.25. The number of fused-ring (bicyclic) bond motifs is 4. The maximum Gasteiger partial charge on any atom is 0.325 e. The highest BCUT2D eigenvalue weighted by atomic mass is 16.5. The van der Waals surface area contributed by atoms with Crippen molar-refractivity contribution < 1.29 is 28.3 Å². The van der Waals surface area contributed by atoms with Crippen molar-refractivity contribution in [2.75, 3.05) is 27.7 Å². The number of hydrogen-bond acceptors (Lipinski definition) is 8. The standard InChI is InChI=1S/C21H29N7O6/c1-26(2)19(30)16-6-4-5-9-28-12-14(24-25-28)11-27(13-18(29)33-3)20(31)17-8-7-15(34-17)10-22-21(32)23-16/h7-8,12,16H,4-6,9-11,13H2,1-3H3,(H2,22,23,32)/t16-/m0/s1. The SMILES string of the molecule is COC(=O)CN1Cc2cn(nn2)CCCC[C@@H](C(=O)N(C)C)NC(=O)NCc2ccc(o2)C1=O. The Morgan fingerprint density at radius 1 is 1.26 bits per heavy atom. The minimum atomic E-state index is -0.680. The first-order chi connectivity index (χ1) is 16.3. The van der Waals surface area contributed by atoms with Gasteiger partial charge >= 0.3 is 12.0 Å². The van der Waals surface area contributed by atoms with E-state index < -0.39 is 23.9 Å². The Balaban J connectivity index is 1.83. The van der Waals surface area contributed by atoms with Crippen LogP contribution in [-0.4, -0.2) is 82.4 Å². The molecule has 0 aromatic carbocycles. The summed E-state index contributed by atoms with van der Waals surface area (Å²) >= 11 is 0. The van der Waals surface area contributed by atoms with Crippen molar-refractivity contribution in [1.82, 2.24) is 35.4 Å². The highest BCUT2D eigenvalue weighted by Crippen LogP contribution is 2.14. The van der Waals surface area contributed by atoms with Crippen molar-refractivity contribution in [3.05, 3.63) is 35.5 Å². The van der Waals surface area contributed by atoms with Crippen LogP contribution in [-0.2, 0) is 34.0 Å². The van der Waals surface area contributed by atoms with Crippen molar-refractivity contribution in [2.24, 2.45) is 0 Å². The molecule has 34 heavy (non-hydrogen) atoms. The number of aromatic nitrogens is 3. The number of nitrogens with zero attached hydrogens (tertiary/aromatic N) is 5. The molecule has 0 fully saturated rings. The lowest BCUT2D eigenvalue weighted by Crippen LogP contribution is -2.49. The molecule has 0 saturated heterocycles. The minimum absolute atomic E-state index is 0.00437. The summed E-state index contributed by atoms with van der Waals surface area (Å²) in [6, 6.07) is 1.81. The van der Waals surface area contributed by atoms with Crippen LogP contribution in [0.1, 0.15) is 41.3 Å². The summed E-state index contributed by atoms with van der Waals surface area (Å²) < 4.78 is 11.9. The second kappa shape index (κ2) is 11.3. The summed E-state index contributed by atoms with van der Waals surface area (Å²) in [4.78, 5) is 52.5. The number of carbonyl (C=O) groups is 4. The molecule has 0 aliphatic carbocycles. The third-order valence-corrected chi connectivity index (χ3v) is 5.24. The van der Waals surface area contributed by atoms with E-state index in [0.29, 0.717) is 37.3 Å². The summed E-state index contributed by atoms with van der Waals surface area (Å²) in [5, 5.41) is 13.5. The van der Waals surface area contributed by atoms with E-state index in [-0.39, 0.29) is 31.3 Å². The van der Waals surface area contributed by atoms with E-state index in [2.05, 4.69) is 20.9 Å². The van der Waals surface area contributed by atoms with Gasteiger partial charge in [0.15, 0.2) is 5.76 Å². The number of ether oxygens (including phenoxy) is 1. The molecule has 0 spiro atoms. The van der Waals surface area contributed by atoms with Gasteiger partial charge in [-0.25, -0.2) is 4.79 Å². The minimum Gasteiger partial charge on any atom is -0.468 e. The number of aryl methyl sites for hydroxylation is 1. The molecule has 3 heterocycles. The Morgan fingerprint density at radius 2 is 2.06 bits per heavy atom. The van der Waals surface area contributed by atoms with Crippen molar-refractivity contribution >= 4 is 23.8 Å². The Hall–Kier alpha value is -3.90. The number of esters is 1. The van der Waals surface area contributed by atoms with Crippen LogP contribution in [0.2, 0.25) is 0 Å². The van der Waals surface area contributed by atoms with Gasteiger partial charge in [0.05, 0.1) is 26.4 Å². The lowest BCUT2D eigenvalue weighted by molar-refractivity contribution is -0.141. The average molecular weight is 476 g/mol. The van der Waals surface area contributed by atoms with Gasteiger partial charge in [-0.1, -0.05) is 5.21 Å². The Morgan fingerprint density at radius 3 is 2.79 bits per heavy atom. The lowest BCUT2D eigenvalue weighted by Gasteiger charge is -2.22. The third kappa shape index (κ3) is 6.56. The summed E-state index contributed by atoms with van der Waals surface area (Å²) in [7, 11) is 4.51. The molecular formula is C21H29N7O6. The number of furan rings is 1. The van der Waals surface area contributed by atoms with Crippen molar-refractivity contribution in [3.63, 3.8) is 0 Å². The van der Waals surface area contributed by atoms with Crippen LogP contribution in [0.15, 0.2) is 22.7 Å². The van der Waals surface area contributed by atoms with E-state index in [4.69, 9.17) is 9.15 Å². The number of rotatable bonds is 3. The van der Waals surface area contributed by atoms with Crippen LogP contribution in [0.25, 0.3) is 0 Å². The third-order valence-electron chi connectivity index (χ3n) is 5.24. The molecule has 2 N–H and O–H groups in total. The van der Waals surface area contributed by atoms with Crippen LogP contribution in [0.4, 0.5) is 4.79 Å². The molecule has 0 unspecified atom stereocenters. The van der Waals surface area contributed by atoms with Gasteiger partial charge in [0.2, 0.25) is 5.91 Å². The summed E-state index contributed by atoms with van der Waals surface area (Å²) in [5.74, 6) is -0.998. The van der Waals surface area contributed by atoms with Crippen LogP contribution < -0.4 is 10.6 Å². The molecule has 0 saturated carbocycles. The van der Waals surface area contributed by atoms with Gasteiger partial charge in [-0.2, -0.15) is 0 Å². The van der Waals surface area contributed by atoms with Gasteiger partial charge in [-0.3, -0.25) is 19.1 Å². The topological polar surface area (TPSA) is 152 Å². The van der Waals surface area contributed by atoms with E-state index in [9.17, 15) is 19.2 Å². The van der Waals surface area contributed by atoms with E-state index in [0.717, 1.165) is 0 Å². The second-order valence-electron chi connectivity index (χ2n) is 8.08. The molecular weight excluding hydrogens is 446 g/mol. The summed E-state index contributed by atoms with van der Waals surface area (Å²) in [6.45, 7) is 0.284. The number of urea groups is 1. The normalized spacial score (nSPS) is 17.7. The zero-order chi connectivity index (χ0) is 24.7. The Labute approximate surface area is 196 Å². The van der Waals surface area contributed by atoms with Crippen LogP contribution >= 0.6 is 0 Å². The van der Waals surface area contributed by atoms with E-state index in [1.807, 2.05) is 0 Å². The molecule has 184 valence electrons. The number of methoxy groups -OCH3 is 1. The van der Waals surface area contributed by atoms with Gasteiger partial charge in [0.25, 0.3) is 5.91 Å². The fourth-order valence-corrected chi connectivity index (χ4v) is 3.45. The first kappa shape index (κ1) is 24.7. The van der Waals surface area contributed by atoms with E-state index in [1.54, 1.807) is 31.0 Å². The monoisotopic (exact) mass is 475 g/mol. The van der Waals surface area contributed by atoms with Crippen molar-refractivity contribution in [2.45, 2.75) is 44.9 Å². The summed E-state index contributed by atoms with van der Waals surface area (Å²) in [6.07, 6.45) is 3.51. The van der Waals surface area contributed by atoms with Gasteiger partial charge in [0.1, 0.15) is 24.0 Å². The Kier molecular flexibility index (Phi) is 8.22. The maximum atomic E-state index is 13.0. The molecule has 2 aromatic rings. The predicted molar refractivity (Wildman–Crippen MR) is 117 cm³/mol. The molecule has 1 aliphatic heterocycles. The predicted octanol–water partition coefficient (Wildman–Crippen LogP) is 0.126. The van der Waals surface area contributed by atoms with Gasteiger partial charge in [0, 0.05) is 20.6 Å². The van der Waals surface area contributed by atoms with Crippen LogP contribution in [0.3, 0.4) is 0 Å². The maximum absolute atomic E-state index is 13.0. The van der Waals surface area contributed by atoms with E-state index in [1.165, 1.54) is 23.0 Å². The number of carbonyl (C=O) groups excluding carboxylic acids is 4. The van der Waals surface area contributed by atoms with Gasteiger partial charge in [-0.05, 0) is 31.4 Å². The van der Waals surface area contributed by atoms with E-state index >= 15 is 0 Å². The van der Waals surface area contributed by atoms with Gasteiger partial charge in [-0.15, -0.1) is 5.10 Å². The lowest BCUT2D eigenvalue weighted by atomic mass is 10.1. The fourth-order valence-electron chi connectivity index (χ4n) is 3.45. The van der Waals surface area contributed by atoms with Crippen molar-refractivity contribution in [1.29, 1.82) is 0 Å². The smallest absolute Gasteiger partial charge is 0.325 e. The molecule has 3 rings (SSSR count). The molecule has 4 amide bonds. The quantitative estimate of drug-likeness (QED) is 0.594. The van der Waals surface area contributed by atoms with Crippen LogP contribution in [0.5, 0.6) is 0 Å². The van der Waals surface area contributed by atoms with Crippen LogP contribution in [0, 0.1) is 0 Å². The number of amides is 4. The molecule has 0 radical (unpaired) electrons. The number of likely N-dealkylation sites (N-methyl/N-ethyl adjacent to an activating group) is 1. The molecule has 1 aliphatic rings. The second-order valence-corrected chi connectivity index (χ2v) is 8.08. The fraction of sp³-hybridized carbons (Fsp3) is 0.524. The number of nitrogens with one attached hydrogen (secondary N) is 2. The Bertz CT molecular complexity index is 1030. The molecule has 4 bridgehead atoms. The zero-order valence-corrected chi connectivity index (χ0v) is 19.4. The largest absolute Gasteiger partial charge is 0.468 e. The molecule has 2 aromatic heterocycles. The first-order valence-corrected chi connectivity index (χ1v) is 10.9. The molecule has 13 heteroatoms. The number of hydrogen-bond donors (Lipinski definition) is 2. The molecule has 13 nitrogen and oxygen atoms in total. The summed E-state index contributed by atoms with van der Waals surface area (Å²) in [5.41, 5.74) is 0.500. The first-order valence-electron chi connectivity index (χ1n) is 10.9.